The Balaban J connectivity index is 1.78. The molecule has 1 saturated carbocycles. The van der Waals surface area contributed by atoms with Gasteiger partial charge in [0.25, 0.3) is 6.43 Å². The Morgan fingerprint density at radius 2 is 1.73 bits per heavy atom. The number of alkyl halides is 2. The molecule has 2 aromatic heterocycles. The van der Waals surface area contributed by atoms with Crippen molar-refractivity contribution >= 4 is 11.0 Å². The molecule has 0 bridgehead atoms. The fraction of sp³-hybridized carbons (Fsp3) is 0.250. The molecule has 0 saturated heterocycles. The first-order valence-corrected chi connectivity index (χ1v) is 9.98. The molecule has 0 aliphatic heterocycles. The van der Waals surface area contributed by atoms with Crippen molar-refractivity contribution in [2.24, 2.45) is 0 Å². The van der Waals surface area contributed by atoms with E-state index in [0.717, 1.165) is 41.1 Å². The van der Waals surface area contributed by atoms with E-state index in [9.17, 15) is 8.78 Å². The van der Waals surface area contributed by atoms with Crippen LogP contribution < -0.4 is 4.74 Å². The quantitative estimate of drug-likeness (QED) is 0.396. The van der Waals surface area contributed by atoms with Gasteiger partial charge in [0.1, 0.15) is 5.75 Å². The molecule has 1 fully saturated rings. The van der Waals surface area contributed by atoms with E-state index >= 15 is 0 Å². The normalized spacial score (nSPS) is 13.9. The van der Waals surface area contributed by atoms with Crippen LogP contribution in [0.5, 0.6) is 5.75 Å². The minimum Gasteiger partial charge on any atom is -0.497 e. The van der Waals surface area contributed by atoms with Crippen molar-refractivity contribution in [2.45, 2.75) is 32.1 Å². The SMILES string of the molecule is COc1ccc(-n2nc(C3CC3)c3c(C(F)F)cc(-c4ccc(C)cc4)nc32)cc1. The average molecular weight is 405 g/mol. The Bertz CT molecular complexity index is 1210. The molecule has 0 amide bonds. The zero-order chi connectivity index (χ0) is 20.8. The number of rotatable bonds is 5. The molecule has 2 heterocycles. The second kappa shape index (κ2) is 7.20. The fourth-order valence-corrected chi connectivity index (χ4v) is 3.76. The summed E-state index contributed by atoms with van der Waals surface area (Å²) in [5, 5.41) is 5.23. The molecule has 0 radical (unpaired) electrons. The molecule has 0 N–H and O–H groups in total. The van der Waals surface area contributed by atoms with E-state index in [4.69, 9.17) is 14.8 Å². The second-order valence-electron chi connectivity index (χ2n) is 7.73. The number of pyridine rings is 1. The molecule has 5 rings (SSSR count). The molecule has 2 aromatic carbocycles. The van der Waals surface area contributed by atoms with E-state index in [1.165, 1.54) is 6.07 Å². The van der Waals surface area contributed by atoms with Gasteiger partial charge in [0.05, 0.1) is 29.6 Å². The lowest BCUT2D eigenvalue weighted by Crippen LogP contribution is -2.00. The summed E-state index contributed by atoms with van der Waals surface area (Å²) in [7, 11) is 1.60. The van der Waals surface area contributed by atoms with E-state index < -0.39 is 6.43 Å². The molecule has 1 aliphatic rings. The van der Waals surface area contributed by atoms with Gasteiger partial charge in [0.15, 0.2) is 5.65 Å². The molecule has 0 spiro atoms. The second-order valence-corrected chi connectivity index (χ2v) is 7.73. The van der Waals surface area contributed by atoms with E-state index in [0.29, 0.717) is 16.7 Å². The maximum atomic E-state index is 14.1. The van der Waals surface area contributed by atoms with Gasteiger partial charge in [-0.05, 0) is 50.1 Å². The fourth-order valence-electron chi connectivity index (χ4n) is 3.76. The number of ether oxygens (including phenoxy) is 1. The summed E-state index contributed by atoms with van der Waals surface area (Å²) in [6.07, 6.45) is -0.667. The standard InChI is InChI=1S/C24H21F2N3O/c1-14-3-5-15(6-4-14)20-13-19(23(25)26)21-22(16-7-8-16)28-29(24(21)27-20)17-9-11-18(30-2)12-10-17/h3-6,9-13,16,23H,7-8H2,1-2H3. The van der Waals surface area contributed by atoms with Gasteiger partial charge < -0.3 is 4.74 Å². The predicted octanol–water partition coefficient (Wildman–Crippen LogP) is 6.22. The highest BCUT2D eigenvalue weighted by molar-refractivity contribution is 5.87. The Hall–Kier alpha value is -3.28. The number of aryl methyl sites for hydroxylation is 1. The smallest absolute Gasteiger partial charge is 0.264 e. The lowest BCUT2D eigenvalue weighted by Gasteiger charge is -2.09. The molecule has 0 atom stereocenters. The third-order valence-corrected chi connectivity index (χ3v) is 5.56. The van der Waals surface area contributed by atoms with Crippen LogP contribution in [0.1, 0.15) is 42.0 Å². The first kappa shape index (κ1) is 18.7. The summed E-state index contributed by atoms with van der Waals surface area (Å²) in [4.78, 5) is 4.80. The third-order valence-electron chi connectivity index (χ3n) is 5.56. The van der Waals surface area contributed by atoms with Gasteiger partial charge in [-0.2, -0.15) is 5.10 Å². The van der Waals surface area contributed by atoms with Crippen LogP contribution in [0, 0.1) is 6.92 Å². The Morgan fingerprint density at radius 1 is 1.03 bits per heavy atom. The third kappa shape index (κ3) is 3.22. The van der Waals surface area contributed by atoms with Crippen LogP contribution in [0.4, 0.5) is 8.78 Å². The molecule has 1 aliphatic carbocycles. The van der Waals surface area contributed by atoms with E-state index in [-0.39, 0.29) is 11.5 Å². The number of halogens is 2. The largest absolute Gasteiger partial charge is 0.497 e. The molecule has 152 valence electrons. The van der Waals surface area contributed by atoms with Crippen LogP contribution in [0.3, 0.4) is 0 Å². The van der Waals surface area contributed by atoms with Gasteiger partial charge in [-0.1, -0.05) is 29.8 Å². The molecular formula is C24H21F2N3O. The summed E-state index contributed by atoms with van der Waals surface area (Å²) in [6.45, 7) is 1.99. The number of aromatic nitrogens is 3. The van der Waals surface area contributed by atoms with Crippen LogP contribution in [0.15, 0.2) is 54.6 Å². The van der Waals surface area contributed by atoms with Crippen molar-refractivity contribution in [3.05, 3.63) is 71.4 Å². The molecule has 4 nitrogen and oxygen atoms in total. The monoisotopic (exact) mass is 405 g/mol. The predicted molar refractivity (Wildman–Crippen MR) is 113 cm³/mol. The number of nitrogens with zero attached hydrogens (tertiary/aromatic N) is 3. The summed E-state index contributed by atoms with van der Waals surface area (Å²) < 4.78 is 35.2. The van der Waals surface area contributed by atoms with Crippen molar-refractivity contribution in [3.8, 4) is 22.7 Å². The molecule has 6 heteroatoms. The van der Waals surface area contributed by atoms with Crippen molar-refractivity contribution < 1.29 is 13.5 Å². The summed E-state index contributed by atoms with van der Waals surface area (Å²) >= 11 is 0. The first-order chi connectivity index (χ1) is 14.5. The Morgan fingerprint density at radius 3 is 2.33 bits per heavy atom. The maximum Gasteiger partial charge on any atom is 0.264 e. The van der Waals surface area contributed by atoms with Crippen LogP contribution in [-0.4, -0.2) is 21.9 Å². The number of benzene rings is 2. The number of hydrogen-bond donors (Lipinski definition) is 0. The zero-order valence-corrected chi connectivity index (χ0v) is 16.8. The van der Waals surface area contributed by atoms with Crippen LogP contribution in [0.25, 0.3) is 28.0 Å². The van der Waals surface area contributed by atoms with Crippen LogP contribution >= 0.6 is 0 Å². The van der Waals surface area contributed by atoms with Gasteiger partial charge in [0.2, 0.25) is 0 Å². The van der Waals surface area contributed by atoms with E-state index in [2.05, 4.69) is 0 Å². The number of methoxy groups -OCH3 is 1. The van der Waals surface area contributed by atoms with Crippen LogP contribution in [-0.2, 0) is 0 Å². The lowest BCUT2D eigenvalue weighted by molar-refractivity contribution is 0.153. The van der Waals surface area contributed by atoms with Gasteiger partial charge >= 0.3 is 0 Å². The van der Waals surface area contributed by atoms with E-state index in [1.54, 1.807) is 11.8 Å². The van der Waals surface area contributed by atoms with Gasteiger partial charge in [-0.15, -0.1) is 0 Å². The Labute approximate surface area is 173 Å². The highest BCUT2D eigenvalue weighted by atomic mass is 19.3. The summed E-state index contributed by atoms with van der Waals surface area (Å²) in [5.41, 5.74) is 4.39. The molecular weight excluding hydrogens is 384 g/mol. The summed E-state index contributed by atoms with van der Waals surface area (Å²) in [6, 6.07) is 16.6. The highest BCUT2D eigenvalue weighted by Gasteiger charge is 2.33. The van der Waals surface area contributed by atoms with Crippen molar-refractivity contribution in [1.82, 2.24) is 14.8 Å². The van der Waals surface area contributed by atoms with Crippen molar-refractivity contribution in [3.63, 3.8) is 0 Å². The van der Waals surface area contributed by atoms with Gasteiger partial charge in [-0.25, -0.2) is 18.4 Å². The summed E-state index contributed by atoms with van der Waals surface area (Å²) in [5.74, 6) is 0.940. The van der Waals surface area contributed by atoms with Gasteiger partial charge in [-0.3, -0.25) is 0 Å². The highest BCUT2D eigenvalue weighted by Crippen LogP contribution is 2.45. The van der Waals surface area contributed by atoms with Gasteiger partial charge in [0, 0.05) is 17.0 Å². The maximum absolute atomic E-state index is 14.1. The average Bonchev–Trinajstić information content (AvgIpc) is 3.54. The molecule has 0 unspecified atom stereocenters. The Kier molecular flexibility index (Phi) is 4.50. The lowest BCUT2D eigenvalue weighted by atomic mass is 10.0. The van der Waals surface area contributed by atoms with Crippen LogP contribution in [0.2, 0.25) is 0 Å². The van der Waals surface area contributed by atoms with Crippen molar-refractivity contribution in [2.75, 3.05) is 7.11 Å². The minimum absolute atomic E-state index is 0.00256. The van der Waals surface area contributed by atoms with E-state index in [1.807, 2.05) is 55.5 Å². The topological polar surface area (TPSA) is 39.9 Å². The minimum atomic E-state index is -2.61. The zero-order valence-electron chi connectivity index (χ0n) is 16.8. The van der Waals surface area contributed by atoms with Crippen molar-refractivity contribution in [1.29, 1.82) is 0 Å². The number of fused-ring (bicyclic) bond motifs is 1. The molecule has 30 heavy (non-hydrogen) atoms. The first-order valence-electron chi connectivity index (χ1n) is 9.98. The molecule has 4 aromatic rings. The number of hydrogen-bond acceptors (Lipinski definition) is 3.